The maximum Gasteiger partial charge on any atom is 0.331 e. The Bertz CT molecular complexity index is 487. The van der Waals surface area contributed by atoms with Gasteiger partial charge in [0.1, 0.15) is 17.5 Å². The first kappa shape index (κ1) is 17.3. The molecule has 4 heteroatoms. The van der Waals surface area contributed by atoms with Crippen LogP contribution in [0.5, 0.6) is 0 Å². The van der Waals surface area contributed by atoms with Crippen molar-refractivity contribution >= 4 is 12.2 Å². The van der Waals surface area contributed by atoms with Gasteiger partial charge in [-0.25, -0.2) is 9.18 Å². The summed E-state index contributed by atoms with van der Waals surface area (Å²) >= 11 is 0. The quantitative estimate of drug-likeness (QED) is 0.608. The van der Waals surface area contributed by atoms with Crippen LogP contribution in [0.4, 0.5) is 4.39 Å². The number of nitrogens with zero attached hydrogens (tertiary/aromatic N) is 1. The van der Waals surface area contributed by atoms with Crippen molar-refractivity contribution in [2.24, 2.45) is 10.9 Å². The van der Waals surface area contributed by atoms with E-state index >= 15 is 0 Å². The molecule has 21 heavy (non-hydrogen) atoms. The Hall–Kier alpha value is -1.71. The number of hydrogen-bond donors (Lipinski definition) is 0. The molecule has 1 aromatic carbocycles. The van der Waals surface area contributed by atoms with Crippen LogP contribution in [0.15, 0.2) is 29.3 Å². The van der Waals surface area contributed by atoms with Crippen LogP contribution in [0.1, 0.15) is 46.6 Å². The maximum atomic E-state index is 12.9. The second-order valence-electron chi connectivity index (χ2n) is 6.51. The van der Waals surface area contributed by atoms with Crippen molar-refractivity contribution in [1.29, 1.82) is 0 Å². The van der Waals surface area contributed by atoms with Crippen LogP contribution in [0.2, 0.25) is 0 Å². The predicted octanol–water partition coefficient (Wildman–Crippen LogP) is 4.00. The van der Waals surface area contributed by atoms with Gasteiger partial charge in [-0.05, 0) is 50.8 Å². The highest BCUT2D eigenvalue weighted by molar-refractivity contribution is 5.84. The molecular formula is C17H24FNO2. The molecule has 0 spiro atoms. The Labute approximate surface area is 126 Å². The number of aliphatic imine (C=N–C) groups is 1. The predicted molar refractivity (Wildman–Crippen MR) is 83.1 cm³/mol. The molecule has 0 radical (unpaired) electrons. The molecule has 0 aliphatic heterocycles. The minimum atomic E-state index is -0.533. The van der Waals surface area contributed by atoms with Crippen LogP contribution < -0.4 is 0 Å². The van der Waals surface area contributed by atoms with Crippen molar-refractivity contribution in [2.45, 2.75) is 52.7 Å². The summed E-state index contributed by atoms with van der Waals surface area (Å²) in [7, 11) is 0. The number of rotatable bonds is 5. The van der Waals surface area contributed by atoms with Gasteiger partial charge in [0.15, 0.2) is 0 Å². The smallest absolute Gasteiger partial charge is 0.331 e. The lowest BCUT2D eigenvalue weighted by molar-refractivity contribution is -0.156. The van der Waals surface area contributed by atoms with Gasteiger partial charge in [-0.2, -0.15) is 0 Å². The van der Waals surface area contributed by atoms with Gasteiger partial charge >= 0.3 is 5.97 Å². The SMILES string of the molecule is CC(C)C[C@H](N=Cc1ccc(F)cc1)C(=O)OC(C)(C)C. The van der Waals surface area contributed by atoms with E-state index in [1.807, 2.05) is 34.6 Å². The van der Waals surface area contributed by atoms with Crippen molar-refractivity contribution in [3.63, 3.8) is 0 Å². The summed E-state index contributed by atoms with van der Waals surface area (Å²) in [6.45, 7) is 9.57. The molecule has 1 rings (SSSR count). The topological polar surface area (TPSA) is 38.7 Å². The van der Waals surface area contributed by atoms with Gasteiger partial charge in [0.2, 0.25) is 0 Å². The van der Waals surface area contributed by atoms with E-state index in [1.165, 1.54) is 12.1 Å². The minimum absolute atomic E-state index is 0.293. The van der Waals surface area contributed by atoms with Crippen molar-refractivity contribution < 1.29 is 13.9 Å². The molecule has 0 amide bonds. The van der Waals surface area contributed by atoms with Gasteiger partial charge in [-0.1, -0.05) is 26.0 Å². The molecule has 0 N–H and O–H groups in total. The molecule has 1 atom stereocenters. The molecule has 0 bridgehead atoms. The highest BCUT2D eigenvalue weighted by Crippen LogP contribution is 2.15. The average Bonchev–Trinajstić information content (AvgIpc) is 2.33. The summed E-state index contributed by atoms with van der Waals surface area (Å²) in [5.41, 5.74) is 0.228. The van der Waals surface area contributed by atoms with Crippen molar-refractivity contribution in [3.05, 3.63) is 35.6 Å². The Kier molecular flexibility index (Phi) is 6.06. The van der Waals surface area contributed by atoms with Crippen molar-refractivity contribution in [3.8, 4) is 0 Å². The molecule has 0 heterocycles. The lowest BCUT2D eigenvalue weighted by Gasteiger charge is -2.23. The first-order chi connectivity index (χ1) is 9.67. The lowest BCUT2D eigenvalue weighted by Crippen LogP contribution is -2.31. The van der Waals surface area contributed by atoms with Crippen LogP contribution in [0, 0.1) is 11.7 Å². The van der Waals surface area contributed by atoms with E-state index in [1.54, 1.807) is 18.3 Å². The first-order valence-corrected chi connectivity index (χ1v) is 7.19. The minimum Gasteiger partial charge on any atom is -0.458 e. The van der Waals surface area contributed by atoms with Crippen LogP contribution in [-0.4, -0.2) is 23.8 Å². The highest BCUT2D eigenvalue weighted by Gasteiger charge is 2.24. The number of esters is 1. The van der Waals surface area contributed by atoms with Gasteiger partial charge in [0, 0.05) is 6.21 Å². The molecule has 0 fully saturated rings. The van der Waals surface area contributed by atoms with Gasteiger partial charge < -0.3 is 4.74 Å². The molecule has 0 saturated heterocycles. The van der Waals surface area contributed by atoms with E-state index in [0.29, 0.717) is 12.3 Å². The highest BCUT2D eigenvalue weighted by atomic mass is 19.1. The normalized spacial score (nSPS) is 13.7. The van der Waals surface area contributed by atoms with Crippen molar-refractivity contribution in [2.75, 3.05) is 0 Å². The van der Waals surface area contributed by atoms with Crippen LogP contribution in [0.25, 0.3) is 0 Å². The average molecular weight is 293 g/mol. The monoisotopic (exact) mass is 293 g/mol. The third-order valence-corrected chi connectivity index (χ3v) is 2.65. The first-order valence-electron chi connectivity index (χ1n) is 7.19. The second-order valence-corrected chi connectivity index (χ2v) is 6.51. The molecule has 3 nitrogen and oxygen atoms in total. The molecule has 0 aliphatic rings. The van der Waals surface area contributed by atoms with E-state index in [4.69, 9.17) is 4.74 Å². The fraction of sp³-hybridized carbons (Fsp3) is 0.529. The molecule has 116 valence electrons. The summed E-state index contributed by atoms with van der Waals surface area (Å²) < 4.78 is 18.2. The van der Waals surface area contributed by atoms with Gasteiger partial charge in [-0.15, -0.1) is 0 Å². The second kappa shape index (κ2) is 7.34. The lowest BCUT2D eigenvalue weighted by atomic mass is 10.0. The summed E-state index contributed by atoms with van der Waals surface area (Å²) in [6.07, 6.45) is 2.21. The number of ether oxygens (including phenoxy) is 1. The van der Waals surface area contributed by atoms with Gasteiger partial charge in [-0.3, -0.25) is 4.99 Å². The molecule has 0 unspecified atom stereocenters. The molecule has 0 saturated carbocycles. The zero-order chi connectivity index (χ0) is 16.0. The zero-order valence-corrected chi connectivity index (χ0v) is 13.4. The standard InChI is InChI=1S/C17H24FNO2/c1-12(2)10-15(16(20)21-17(3,4)5)19-11-13-6-8-14(18)9-7-13/h6-9,11-12,15H,10H2,1-5H3/t15-/m0/s1. The number of carbonyl (C=O) groups excluding carboxylic acids is 1. The van der Waals surface area contributed by atoms with E-state index in [-0.39, 0.29) is 11.8 Å². The fourth-order valence-corrected chi connectivity index (χ4v) is 1.76. The Morgan fingerprint density at radius 2 is 1.86 bits per heavy atom. The van der Waals surface area contributed by atoms with E-state index in [2.05, 4.69) is 4.99 Å². The molecule has 0 aromatic heterocycles. The Morgan fingerprint density at radius 3 is 2.33 bits per heavy atom. The molecule has 0 aliphatic carbocycles. The summed E-state index contributed by atoms with van der Waals surface area (Å²) in [6, 6.07) is 5.45. The number of benzene rings is 1. The van der Waals surface area contributed by atoms with Crippen molar-refractivity contribution in [1.82, 2.24) is 0 Å². The third-order valence-electron chi connectivity index (χ3n) is 2.65. The van der Waals surface area contributed by atoms with E-state index in [0.717, 1.165) is 5.56 Å². The maximum absolute atomic E-state index is 12.9. The fourth-order valence-electron chi connectivity index (χ4n) is 1.76. The Balaban J connectivity index is 2.82. The van der Waals surface area contributed by atoms with Crippen LogP contribution in [0.3, 0.4) is 0 Å². The van der Waals surface area contributed by atoms with Crippen LogP contribution >= 0.6 is 0 Å². The van der Waals surface area contributed by atoms with Gasteiger partial charge in [0.25, 0.3) is 0 Å². The number of carbonyl (C=O) groups is 1. The number of halogens is 1. The summed E-state index contributed by atoms with van der Waals surface area (Å²) in [5, 5.41) is 0. The Morgan fingerprint density at radius 1 is 1.29 bits per heavy atom. The summed E-state index contributed by atoms with van der Waals surface area (Å²) in [4.78, 5) is 16.5. The van der Waals surface area contributed by atoms with Crippen LogP contribution in [-0.2, 0) is 9.53 Å². The third kappa shape index (κ3) is 7.02. The van der Waals surface area contributed by atoms with Gasteiger partial charge in [0.05, 0.1) is 0 Å². The number of hydrogen-bond acceptors (Lipinski definition) is 3. The largest absolute Gasteiger partial charge is 0.458 e. The van der Waals surface area contributed by atoms with E-state index in [9.17, 15) is 9.18 Å². The molecule has 1 aromatic rings. The zero-order valence-electron chi connectivity index (χ0n) is 13.4. The molecular weight excluding hydrogens is 269 g/mol. The van der Waals surface area contributed by atoms with E-state index < -0.39 is 11.6 Å². The summed E-state index contributed by atoms with van der Waals surface area (Å²) in [5.74, 6) is -0.291.